The third kappa shape index (κ3) is 1.88. The van der Waals surface area contributed by atoms with Gasteiger partial charge in [0, 0.05) is 10.2 Å². The molecule has 0 bridgehead atoms. The number of halogens is 2. The van der Waals surface area contributed by atoms with Crippen LogP contribution in [0.25, 0.3) is 0 Å². The minimum absolute atomic E-state index is 0.682. The topological polar surface area (TPSA) is 26.0 Å². The largest absolute Gasteiger partial charge is 0.399 e. The summed E-state index contributed by atoms with van der Waals surface area (Å²) >= 11 is 9.26. The van der Waals surface area contributed by atoms with Gasteiger partial charge in [-0.15, -0.1) is 0 Å². The zero-order valence-electron chi connectivity index (χ0n) is 6.20. The number of rotatable bonds is 1. The average molecular weight is 235 g/mol. The fraction of sp³-hybridized carbons (Fsp3) is 0.250. The van der Waals surface area contributed by atoms with Gasteiger partial charge in [-0.2, -0.15) is 0 Å². The lowest BCUT2D eigenvalue weighted by Crippen LogP contribution is -1.89. The van der Waals surface area contributed by atoms with Crippen LogP contribution in [0.3, 0.4) is 0 Å². The van der Waals surface area contributed by atoms with Crippen molar-refractivity contribution in [3.8, 4) is 0 Å². The Labute approximate surface area is 79.7 Å². The first-order chi connectivity index (χ1) is 5.15. The van der Waals surface area contributed by atoms with Crippen molar-refractivity contribution in [3.05, 3.63) is 27.2 Å². The number of hydrogen-bond donors (Lipinski definition) is 1. The van der Waals surface area contributed by atoms with Gasteiger partial charge >= 0.3 is 0 Å². The van der Waals surface area contributed by atoms with Crippen molar-refractivity contribution in [2.45, 2.75) is 13.3 Å². The van der Waals surface area contributed by atoms with Crippen molar-refractivity contribution < 1.29 is 0 Å². The predicted octanol–water partition coefficient (Wildman–Crippen LogP) is 3.25. The first-order valence-electron chi connectivity index (χ1n) is 3.38. The quantitative estimate of drug-likeness (QED) is 0.742. The first kappa shape index (κ1) is 8.88. The van der Waals surface area contributed by atoms with Crippen LogP contribution in [0.4, 0.5) is 5.69 Å². The highest BCUT2D eigenvalue weighted by Gasteiger charge is 2.03. The Morgan fingerprint density at radius 2 is 2.18 bits per heavy atom. The van der Waals surface area contributed by atoms with Crippen LogP contribution in [0.5, 0.6) is 0 Å². The zero-order valence-corrected chi connectivity index (χ0v) is 8.54. The van der Waals surface area contributed by atoms with E-state index >= 15 is 0 Å². The highest BCUT2D eigenvalue weighted by Crippen LogP contribution is 2.29. The molecule has 11 heavy (non-hydrogen) atoms. The monoisotopic (exact) mass is 233 g/mol. The summed E-state index contributed by atoms with van der Waals surface area (Å²) in [5.41, 5.74) is 7.46. The van der Waals surface area contributed by atoms with Crippen LogP contribution in [0.2, 0.25) is 5.02 Å². The standard InChI is InChI=1S/C8H9BrClN/c1-2-5-3-6(11)4-7(10)8(5)9/h3-4H,2,11H2,1H3. The summed E-state index contributed by atoms with van der Waals surface area (Å²) in [5.74, 6) is 0. The zero-order chi connectivity index (χ0) is 8.43. The highest BCUT2D eigenvalue weighted by molar-refractivity contribution is 9.10. The Kier molecular flexibility index (Phi) is 2.79. The lowest BCUT2D eigenvalue weighted by Gasteiger charge is -2.04. The molecule has 0 saturated carbocycles. The van der Waals surface area contributed by atoms with E-state index in [1.54, 1.807) is 6.07 Å². The number of hydrogen-bond acceptors (Lipinski definition) is 1. The molecule has 2 N–H and O–H groups in total. The van der Waals surface area contributed by atoms with Gasteiger partial charge in [0.25, 0.3) is 0 Å². The molecule has 3 heteroatoms. The molecule has 60 valence electrons. The van der Waals surface area contributed by atoms with Crippen molar-refractivity contribution >= 4 is 33.2 Å². The molecule has 0 saturated heterocycles. The number of nitrogens with two attached hydrogens (primary N) is 1. The van der Waals surface area contributed by atoms with Gasteiger partial charge < -0.3 is 5.73 Å². The molecule has 0 aliphatic rings. The summed E-state index contributed by atoms with van der Waals surface area (Å²) in [6, 6.07) is 3.67. The SMILES string of the molecule is CCc1cc(N)cc(Cl)c1Br. The first-order valence-corrected chi connectivity index (χ1v) is 4.55. The molecule has 0 amide bonds. The molecule has 0 radical (unpaired) electrons. The fourth-order valence-corrected chi connectivity index (χ4v) is 1.68. The van der Waals surface area contributed by atoms with E-state index < -0.39 is 0 Å². The van der Waals surface area contributed by atoms with Crippen LogP contribution in [-0.2, 0) is 6.42 Å². The van der Waals surface area contributed by atoms with Crippen molar-refractivity contribution in [3.63, 3.8) is 0 Å². The normalized spacial score (nSPS) is 10.1. The molecule has 1 nitrogen and oxygen atoms in total. The van der Waals surface area contributed by atoms with Gasteiger partial charge in [0.2, 0.25) is 0 Å². The summed E-state index contributed by atoms with van der Waals surface area (Å²) in [6.45, 7) is 2.07. The number of benzene rings is 1. The molecule has 1 aromatic carbocycles. The lowest BCUT2D eigenvalue weighted by atomic mass is 10.1. The van der Waals surface area contributed by atoms with Crippen LogP contribution >= 0.6 is 27.5 Å². The molecule has 0 unspecified atom stereocenters. The number of anilines is 1. The minimum atomic E-state index is 0.682. The smallest absolute Gasteiger partial charge is 0.0571 e. The molecule has 0 aliphatic carbocycles. The number of nitrogen functional groups attached to an aromatic ring is 1. The van der Waals surface area contributed by atoms with Gasteiger partial charge in [-0.3, -0.25) is 0 Å². The predicted molar refractivity (Wildman–Crippen MR) is 52.9 cm³/mol. The van der Waals surface area contributed by atoms with E-state index in [1.165, 1.54) is 0 Å². The van der Waals surface area contributed by atoms with Crippen molar-refractivity contribution in [1.82, 2.24) is 0 Å². The van der Waals surface area contributed by atoms with Gasteiger partial charge in [-0.1, -0.05) is 18.5 Å². The Morgan fingerprint density at radius 1 is 1.55 bits per heavy atom. The van der Waals surface area contributed by atoms with E-state index in [0.29, 0.717) is 5.02 Å². The molecule has 1 rings (SSSR count). The van der Waals surface area contributed by atoms with Crippen molar-refractivity contribution in [2.24, 2.45) is 0 Å². The summed E-state index contributed by atoms with van der Waals surface area (Å²) in [4.78, 5) is 0. The Bertz CT molecular complexity index is 273. The van der Waals surface area contributed by atoms with Crippen molar-refractivity contribution in [2.75, 3.05) is 5.73 Å². The van der Waals surface area contributed by atoms with E-state index in [1.807, 2.05) is 6.07 Å². The summed E-state index contributed by atoms with van der Waals surface area (Å²) < 4.78 is 0.955. The van der Waals surface area contributed by atoms with E-state index in [2.05, 4.69) is 22.9 Å². The minimum Gasteiger partial charge on any atom is -0.399 e. The summed E-state index contributed by atoms with van der Waals surface area (Å²) in [7, 11) is 0. The fourth-order valence-electron chi connectivity index (χ4n) is 0.927. The maximum atomic E-state index is 5.87. The maximum absolute atomic E-state index is 5.87. The van der Waals surface area contributed by atoms with Gasteiger partial charge in [0.05, 0.1) is 5.02 Å². The van der Waals surface area contributed by atoms with Crippen LogP contribution < -0.4 is 5.73 Å². The molecule has 0 atom stereocenters. The highest BCUT2D eigenvalue weighted by atomic mass is 79.9. The van der Waals surface area contributed by atoms with Gasteiger partial charge in [-0.25, -0.2) is 0 Å². The van der Waals surface area contributed by atoms with Gasteiger partial charge in [0.1, 0.15) is 0 Å². The van der Waals surface area contributed by atoms with Crippen LogP contribution in [0.15, 0.2) is 16.6 Å². The van der Waals surface area contributed by atoms with Crippen LogP contribution in [0.1, 0.15) is 12.5 Å². The van der Waals surface area contributed by atoms with Gasteiger partial charge in [0.15, 0.2) is 0 Å². The summed E-state index contributed by atoms with van der Waals surface area (Å²) in [6.07, 6.45) is 0.936. The third-order valence-corrected chi connectivity index (χ3v) is 2.97. The van der Waals surface area contributed by atoms with E-state index in [4.69, 9.17) is 17.3 Å². The van der Waals surface area contributed by atoms with E-state index in [0.717, 1.165) is 22.1 Å². The van der Waals surface area contributed by atoms with Gasteiger partial charge in [-0.05, 0) is 40.0 Å². The van der Waals surface area contributed by atoms with Crippen molar-refractivity contribution in [1.29, 1.82) is 0 Å². The molecule has 0 fully saturated rings. The molecular formula is C8H9BrClN. The second kappa shape index (κ2) is 3.46. The second-order valence-electron chi connectivity index (χ2n) is 2.33. The molecule has 0 spiro atoms. The summed E-state index contributed by atoms with van der Waals surface area (Å²) in [5, 5.41) is 0.682. The second-order valence-corrected chi connectivity index (χ2v) is 3.53. The Hall–Kier alpha value is -0.210. The molecule has 0 aliphatic heterocycles. The molecule has 1 aromatic rings. The molecule has 0 heterocycles. The van der Waals surface area contributed by atoms with E-state index in [9.17, 15) is 0 Å². The van der Waals surface area contributed by atoms with Crippen LogP contribution in [-0.4, -0.2) is 0 Å². The molecular weight excluding hydrogens is 225 g/mol. The lowest BCUT2D eigenvalue weighted by molar-refractivity contribution is 1.13. The third-order valence-electron chi connectivity index (χ3n) is 1.51. The maximum Gasteiger partial charge on any atom is 0.0571 e. The molecule has 0 aromatic heterocycles. The number of aryl methyl sites for hydroxylation is 1. The van der Waals surface area contributed by atoms with E-state index in [-0.39, 0.29) is 0 Å². The van der Waals surface area contributed by atoms with Crippen LogP contribution in [0, 0.1) is 0 Å². The Morgan fingerprint density at radius 3 is 2.73 bits per heavy atom. The Balaban J connectivity index is 3.24. The average Bonchev–Trinajstić information content (AvgIpc) is 1.96.